The number of hydrogen-bond donors (Lipinski definition) is 1. The minimum absolute atomic E-state index is 0.00319. The minimum Gasteiger partial charge on any atom is -0.478 e. The van der Waals surface area contributed by atoms with Crippen LogP contribution in [0.3, 0.4) is 0 Å². The minimum atomic E-state index is -1.51. The third-order valence-corrected chi connectivity index (χ3v) is 9.90. The van der Waals surface area contributed by atoms with Crippen LogP contribution in [-0.4, -0.2) is 46.6 Å². The highest BCUT2D eigenvalue weighted by atomic mass is 16.7. The van der Waals surface area contributed by atoms with E-state index in [1.807, 2.05) is 6.92 Å². The van der Waals surface area contributed by atoms with Crippen molar-refractivity contribution in [3.63, 3.8) is 0 Å². The van der Waals surface area contributed by atoms with Crippen LogP contribution in [0.15, 0.2) is 35.2 Å². The summed E-state index contributed by atoms with van der Waals surface area (Å²) in [5.74, 6) is -3.77. The topological polar surface area (TPSA) is 133 Å². The lowest BCUT2D eigenvalue weighted by molar-refractivity contribution is -0.225. The van der Waals surface area contributed by atoms with E-state index < -0.39 is 69.9 Å². The molecule has 0 radical (unpaired) electrons. The first-order chi connectivity index (χ1) is 16.8. The van der Waals surface area contributed by atoms with E-state index in [0.29, 0.717) is 24.0 Å². The number of furan rings is 1. The van der Waals surface area contributed by atoms with E-state index in [1.165, 1.54) is 19.5 Å². The van der Waals surface area contributed by atoms with Crippen molar-refractivity contribution in [2.45, 2.75) is 77.8 Å². The van der Waals surface area contributed by atoms with Gasteiger partial charge in [0.2, 0.25) is 6.10 Å². The second-order valence-corrected chi connectivity index (χ2v) is 11.5. The van der Waals surface area contributed by atoms with Crippen molar-refractivity contribution >= 4 is 23.7 Å². The monoisotopic (exact) mass is 500 g/mol. The van der Waals surface area contributed by atoms with Crippen LogP contribution in [0.1, 0.15) is 65.5 Å². The van der Waals surface area contributed by atoms with Gasteiger partial charge in [0.1, 0.15) is 17.5 Å². The molecule has 2 saturated carbocycles. The zero-order valence-electron chi connectivity index (χ0n) is 21.2. The van der Waals surface area contributed by atoms with Gasteiger partial charge in [-0.3, -0.25) is 9.59 Å². The van der Waals surface area contributed by atoms with E-state index in [0.717, 1.165) is 0 Å². The number of hydrogen-bond acceptors (Lipinski definition) is 8. The molecule has 1 N–H and O–H groups in total. The van der Waals surface area contributed by atoms with Gasteiger partial charge in [0, 0.05) is 29.7 Å². The van der Waals surface area contributed by atoms with Crippen molar-refractivity contribution in [1.29, 1.82) is 0 Å². The number of allylic oxidation sites excluding steroid dienone is 1. The number of carboxylic acids is 1. The number of fused-ring (bicyclic) bond motifs is 1. The van der Waals surface area contributed by atoms with Gasteiger partial charge in [-0.25, -0.2) is 9.59 Å². The van der Waals surface area contributed by atoms with Gasteiger partial charge in [0.15, 0.2) is 6.10 Å². The molecule has 194 valence electrons. The second-order valence-electron chi connectivity index (χ2n) is 11.5. The molecule has 36 heavy (non-hydrogen) atoms. The number of ether oxygens (including phenoxy) is 3. The summed E-state index contributed by atoms with van der Waals surface area (Å²) in [6.45, 7) is 12.5. The van der Waals surface area contributed by atoms with Crippen LogP contribution in [0.25, 0.3) is 0 Å². The van der Waals surface area contributed by atoms with Gasteiger partial charge in [-0.15, -0.1) is 0 Å². The lowest BCUT2D eigenvalue weighted by atomic mass is 9.37. The molecule has 4 aliphatic rings. The van der Waals surface area contributed by atoms with Crippen molar-refractivity contribution in [3.05, 3.63) is 36.3 Å². The highest BCUT2D eigenvalue weighted by molar-refractivity contribution is 5.93. The molecule has 1 spiro atoms. The molecule has 9 nitrogen and oxygen atoms in total. The summed E-state index contributed by atoms with van der Waals surface area (Å²) < 4.78 is 22.8. The molecule has 4 fully saturated rings. The average molecular weight is 501 g/mol. The smallest absolute Gasteiger partial charge is 0.345 e. The third kappa shape index (κ3) is 2.75. The van der Waals surface area contributed by atoms with E-state index in [1.54, 1.807) is 26.8 Å². The number of carbonyl (C=O) groups is 4. The lowest BCUT2D eigenvalue weighted by Crippen LogP contribution is -2.72. The predicted molar refractivity (Wildman–Crippen MR) is 123 cm³/mol. The Bertz CT molecular complexity index is 1170. The van der Waals surface area contributed by atoms with Crippen LogP contribution < -0.4 is 0 Å². The number of Topliss-reactive ketones (excluding diaryl/α,β-unsaturated/α-hetero) is 1. The predicted octanol–water partition coefficient (Wildman–Crippen LogP) is 3.63. The normalized spacial score (nSPS) is 43.8. The Morgan fingerprint density at radius 2 is 1.89 bits per heavy atom. The average Bonchev–Trinajstić information content (AvgIpc) is 3.36. The fraction of sp³-hybridized carbons (Fsp3) is 0.630. The van der Waals surface area contributed by atoms with Crippen molar-refractivity contribution < 1.29 is 42.9 Å². The second kappa shape index (κ2) is 7.54. The maximum Gasteiger partial charge on any atom is 0.345 e. The van der Waals surface area contributed by atoms with Crippen molar-refractivity contribution in [3.8, 4) is 0 Å². The number of aliphatic carboxylic acids is 1. The highest BCUT2D eigenvalue weighted by Crippen LogP contribution is 2.78. The summed E-state index contributed by atoms with van der Waals surface area (Å²) in [5, 5.41) is 10.2. The van der Waals surface area contributed by atoms with Gasteiger partial charge >= 0.3 is 17.9 Å². The number of cyclic esters (lactones) is 1. The molecular formula is C27H32O9. The standard InChI is InChI=1S/C27H32O9/c1-13(2)16-11-18(29)26(6)17(25(16,5)20(22(30)31)34-14(3)28)7-9-24(4)19(15-8-10-33-12-15)35-23(32)21-27(24,26)36-21/h8,10,12,16-17,19-21H,1,7,9,11H2,2-6H3,(H,30,31)/t16-,17+,19-,20-,21+,24-,25-,26-,27+/m0/s1. The zero-order valence-corrected chi connectivity index (χ0v) is 21.2. The van der Waals surface area contributed by atoms with E-state index in [-0.39, 0.29) is 12.2 Å². The summed E-state index contributed by atoms with van der Waals surface area (Å²) in [6.07, 6.45) is 0.823. The number of rotatable bonds is 5. The van der Waals surface area contributed by atoms with E-state index in [2.05, 4.69) is 6.58 Å². The largest absolute Gasteiger partial charge is 0.478 e. The maximum absolute atomic E-state index is 14.1. The van der Waals surface area contributed by atoms with Gasteiger partial charge in [0.05, 0.1) is 17.9 Å². The van der Waals surface area contributed by atoms with Crippen LogP contribution in [0.4, 0.5) is 0 Å². The van der Waals surface area contributed by atoms with Gasteiger partial charge in [-0.2, -0.15) is 0 Å². The Morgan fingerprint density at radius 3 is 2.44 bits per heavy atom. The molecule has 0 aromatic carbocycles. The summed E-state index contributed by atoms with van der Waals surface area (Å²) in [6, 6.07) is 1.74. The first-order valence-electron chi connectivity index (χ1n) is 12.3. The molecule has 3 heterocycles. The van der Waals surface area contributed by atoms with Crippen LogP contribution in [0, 0.1) is 28.1 Å². The SMILES string of the molecule is C=C(C)[C@@H]1CC(=O)[C@]2(C)[C@H](CC[C@@]3(C)[C@H](c4ccoc4)OC(=O)[C@H]4O[C@]432)[C@@]1(C)[C@@H](OC(C)=O)C(=O)O. The molecule has 2 saturated heterocycles. The van der Waals surface area contributed by atoms with Gasteiger partial charge in [0.25, 0.3) is 0 Å². The molecule has 9 heteroatoms. The van der Waals surface area contributed by atoms with E-state index in [9.17, 15) is 24.3 Å². The number of epoxide rings is 1. The fourth-order valence-electron chi connectivity index (χ4n) is 8.33. The Kier molecular flexibility index (Phi) is 5.18. The summed E-state index contributed by atoms with van der Waals surface area (Å²) in [5.41, 5.74) is -3.06. The molecular weight excluding hydrogens is 468 g/mol. The summed E-state index contributed by atoms with van der Waals surface area (Å²) >= 11 is 0. The molecule has 5 rings (SSSR count). The fourth-order valence-corrected chi connectivity index (χ4v) is 8.33. The molecule has 0 unspecified atom stereocenters. The van der Waals surface area contributed by atoms with Gasteiger partial charge in [-0.1, -0.05) is 26.0 Å². The third-order valence-electron chi connectivity index (χ3n) is 9.90. The van der Waals surface area contributed by atoms with Crippen LogP contribution in [0.5, 0.6) is 0 Å². The summed E-state index contributed by atoms with van der Waals surface area (Å²) in [4.78, 5) is 51.8. The molecule has 0 amide bonds. The first-order valence-corrected chi connectivity index (χ1v) is 12.3. The quantitative estimate of drug-likeness (QED) is 0.365. The molecule has 1 aromatic rings. The number of carboxylic acid groups (broad SMARTS) is 1. The van der Waals surface area contributed by atoms with Gasteiger partial charge in [-0.05, 0) is 44.6 Å². The van der Waals surface area contributed by atoms with Crippen LogP contribution in [0.2, 0.25) is 0 Å². The van der Waals surface area contributed by atoms with Gasteiger partial charge < -0.3 is 23.7 Å². The first kappa shape index (κ1) is 24.7. The molecule has 2 aliphatic carbocycles. The zero-order chi connectivity index (χ0) is 26.4. The molecule has 9 atom stereocenters. The van der Waals surface area contributed by atoms with Crippen molar-refractivity contribution in [1.82, 2.24) is 0 Å². The molecule has 1 aromatic heterocycles. The Hall–Kier alpha value is -2.94. The highest BCUT2D eigenvalue weighted by Gasteiger charge is 2.88. The molecule has 0 bridgehead atoms. The Morgan fingerprint density at radius 1 is 1.19 bits per heavy atom. The van der Waals surface area contributed by atoms with E-state index in [4.69, 9.17) is 18.6 Å². The molecule has 2 aliphatic heterocycles. The number of carbonyl (C=O) groups excluding carboxylic acids is 3. The summed E-state index contributed by atoms with van der Waals surface area (Å²) in [7, 11) is 0. The lowest BCUT2D eigenvalue weighted by Gasteiger charge is -2.65. The number of esters is 2. The van der Waals surface area contributed by atoms with Crippen molar-refractivity contribution in [2.75, 3.05) is 0 Å². The van der Waals surface area contributed by atoms with E-state index >= 15 is 0 Å². The Balaban J connectivity index is 1.70. The van der Waals surface area contributed by atoms with Crippen LogP contribution >= 0.6 is 0 Å². The number of ketones is 1. The van der Waals surface area contributed by atoms with Crippen molar-refractivity contribution in [2.24, 2.45) is 28.1 Å². The maximum atomic E-state index is 14.1. The van der Waals surface area contributed by atoms with Crippen LogP contribution in [-0.2, 0) is 33.4 Å². The Labute approximate surface area is 209 Å².